The number of hydrogen-bond donors (Lipinski definition) is 0. The van der Waals surface area contributed by atoms with E-state index in [0.29, 0.717) is 6.54 Å². The molecule has 19 heavy (non-hydrogen) atoms. The van der Waals surface area contributed by atoms with Crippen molar-refractivity contribution in [3.05, 3.63) is 35.9 Å². The van der Waals surface area contributed by atoms with Gasteiger partial charge >= 0.3 is 5.97 Å². The molecule has 0 saturated carbocycles. The van der Waals surface area contributed by atoms with Crippen LogP contribution in [0, 0.1) is 23.2 Å². The number of carbonyl (C=O) groups excluding carboxylic acids is 1. The smallest absolute Gasteiger partial charge is 0.311 e. The predicted octanol–water partition coefficient (Wildman–Crippen LogP) is 1.82. The Labute approximate surface area is 113 Å². The van der Waals surface area contributed by atoms with Gasteiger partial charge < -0.3 is 4.74 Å². The molecule has 4 nitrogen and oxygen atoms in total. The molecule has 0 aliphatic carbocycles. The number of carbonyl (C=O) groups is 1. The van der Waals surface area contributed by atoms with Crippen molar-refractivity contribution < 1.29 is 9.53 Å². The summed E-state index contributed by atoms with van der Waals surface area (Å²) < 4.78 is 4.80. The fourth-order valence-electron chi connectivity index (χ4n) is 2.55. The molecule has 1 heterocycles. The Morgan fingerprint density at radius 3 is 2.84 bits per heavy atom. The molecule has 1 fully saturated rings. The number of rotatable bonds is 3. The van der Waals surface area contributed by atoms with E-state index in [0.717, 1.165) is 19.5 Å². The van der Waals surface area contributed by atoms with Crippen LogP contribution in [0.3, 0.4) is 0 Å². The maximum absolute atomic E-state index is 11.7. The highest BCUT2D eigenvalue weighted by Gasteiger charge is 2.35. The first-order chi connectivity index (χ1) is 9.24. The van der Waals surface area contributed by atoms with Crippen molar-refractivity contribution in [3.63, 3.8) is 0 Å². The van der Waals surface area contributed by atoms with E-state index in [2.05, 4.69) is 23.1 Å². The molecule has 0 aromatic heterocycles. The molecule has 0 bridgehead atoms. The molecule has 1 aromatic carbocycles. The van der Waals surface area contributed by atoms with Gasteiger partial charge in [0.15, 0.2) is 0 Å². The average molecular weight is 258 g/mol. The van der Waals surface area contributed by atoms with Gasteiger partial charge in [0.05, 0.1) is 25.0 Å². The minimum atomic E-state index is -0.326. The standard InChI is InChI=1S/C15H18N2O2/c1-19-15(18)14-11-17(8-7-13(14)9-16)10-12-5-3-2-4-6-12/h2-6,13-14H,7-8,10-11H2,1H3/t13-,14-/m0/s1. The predicted molar refractivity (Wildman–Crippen MR) is 70.9 cm³/mol. The second kappa shape index (κ2) is 6.35. The highest BCUT2D eigenvalue weighted by Crippen LogP contribution is 2.25. The first-order valence-electron chi connectivity index (χ1n) is 6.48. The number of likely N-dealkylation sites (tertiary alicyclic amines) is 1. The van der Waals surface area contributed by atoms with Gasteiger partial charge in [-0.1, -0.05) is 30.3 Å². The van der Waals surface area contributed by atoms with Crippen molar-refractivity contribution in [2.24, 2.45) is 11.8 Å². The van der Waals surface area contributed by atoms with Gasteiger partial charge in [0.2, 0.25) is 0 Å². The lowest BCUT2D eigenvalue weighted by Crippen LogP contribution is -2.43. The average Bonchev–Trinajstić information content (AvgIpc) is 2.47. The molecule has 1 aliphatic heterocycles. The highest BCUT2D eigenvalue weighted by molar-refractivity contribution is 5.73. The van der Waals surface area contributed by atoms with Crippen molar-refractivity contribution in [2.75, 3.05) is 20.2 Å². The second-order valence-corrected chi connectivity index (χ2v) is 4.87. The molecular formula is C15H18N2O2. The Balaban J connectivity index is 2.02. The van der Waals surface area contributed by atoms with Gasteiger partial charge in [-0.3, -0.25) is 9.69 Å². The first kappa shape index (κ1) is 13.6. The molecule has 0 amide bonds. The second-order valence-electron chi connectivity index (χ2n) is 4.87. The van der Waals surface area contributed by atoms with Gasteiger partial charge in [0.1, 0.15) is 0 Å². The Morgan fingerprint density at radius 1 is 1.47 bits per heavy atom. The number of ether oxygens (including phenoxy) is 1. The molecule has 1 aromatic rings. The van der Waals surface area contributed by atoms with Gasteiger partial charge in [-0.15, -0.1) is 0 Å². The Hall–Kier alpha value is -1.86. The number of piperidine rings is 1. The molecule has 4 heteroatoms. The number of esters is 1. The van der Waals surface area contributed by atoms with E-state index in [9.17, 15) is 4.79 Å². The molecule has 2 rings (SSSR count). The van der Waals surface area contributed by atoms with Crippen LogP contribution in [0.2, 0.25) is 0 Å². The number of benzene rings is 1. The van der Waals surface area contributed by atoms with Crippen molar-refractivity contribution in [1.82, 2.24) is 4.90 Å². The van der Waals surface area contributed by atoms with Crippen LogP contribution in [0.1, 0.15) is 12.0 Å². The summed E-state index contributed by atoms with van der Waals surface area (Å²) >= 11 is 0. The summed E-state index contributed by atoms with van der Waals surface area (Å²) in [6.45, 7) is 2.26. The lowest BCUT2D eigenvalue weighted by molar-refractivity contribution is -0.148. The summed E-state index contributed by atoms with van der Waals surface area (Å²) in [6, 6.07) is 12.4. The third-order valence-corrected chi connectivity index (χ3v) is 3.62. The quantitative estimate of drug-likeness (QED) is 0.776. The zero-order chi connectivity index (χ0) is 13.7. The maximum atomic E-state index is 11.7. The summed E-state index contributed by atoms with van der Waals surface area (Å²) in [6.07, 6.45) is 0.725. The summed E-state index contributed by atoms with van der Waals surface area (Å²) in [5.41, 5.74) is 1.22. The van der Waals surface area contributed by atoms with Gasteiger partial charge in [-0.2, -0.15) is 5.26 Å². The minimum Gasteiger partial charge on any atom is -0.469 e. The van der Waals surface area contributed by atoms with E-state index in [1.807, 2.05) is 18.2 Å². The van der Waals surface area contributed by atoms with Crippen LogP contribution in [0.15, 0.2) is 30.3 Å². The fourth-order valence-corrected chi connectivity index (χ4v) is 2.55. The minimum absolute atomic E-state index is 0.223. The summed E-state index contributed by atoms with van der Waals surface area (Å²) in [7, 11) is 1.38. The molecule has 0 unspecified atom stereocenters. The van der Waals surface area contributed by atoms with E-state index in [-0.39, 0.29) is 17.8 Å². The van der Waals surface area contributed by atoms with Crippen LogP contribution < -0.4 is 0 Å². The maximum Gasteiger partial charge on any atom is 0.311 e. The van der Waals surface area contributed by atoms with E-state index in [1.54, 1.807) is 0 Å². The SMILES string of the molecule is COC(=O)[C@H]1CN(Cc2ccccc2)CC[C@H]1C#N. The summed E-state index contributed by atoms with van der Waals surface area (Å²) in [4.78, 5) is 13.9. The first-order valence-corrected chi connectivity index (χ1v) is 6.48. The normalized spacial score (nSPS) is 23.6. The van der Waals surface area contributed by atoms with Gasteiger partial charge in [0, 0.05) is 13.1 Å². The Morgan fingerprint density at radius 2 is 2.21 bits per heavy atom. The summed E-state index contributed by atoms with van der Waals surface area (Å²) in [5, 5.41) is 9.11. The molecule has 2 atom stereocenters. The Kier molecular flexibility index (Phi) is 4.53. The Bertz CT molecular complexity index is 467. The van der Waals surface area contributed by atoms with Crippen LogP contribution in [-0.4, -0.2) is 31.1 Å². The van der Waals surface area contributed by atoms with Crippen LogP contribution in [0.4, 0.5) is 0 Å². The third-order valence-electron chi connectivity index (χ3n) is 3.62. The number of nitriles is 1. The molecule has 0 spiro atoms. The van der Waals surface area contributed by atoms with Gasteiger partial charge in [0.25, 0.3) is 0 Å². The number of hydrogen-bond acceptors (Lipinski definition) is 4. The van der Waals surface area contributed by atoms with Gasteiger partial charge in [-0.05, 0) is 18.5 Å². The number of methoxy groups -OCH3 is 1. The molecule has 0 radical (unpaired) electrons. The summed E-state index contributed by atoms with van der Waals surface area (Å²) in [5.74, 6) is -0.823. The van der Waals surface area contributed by atoms with Crippen molar-refractivity contribution in [1.29, 1.82) is 5.26 Å². The molecular weight excluding hydrogens is 240 g/mol. The van der Waals surface area contributed by atoms with Crippen LogP contribution in [0.5, 0.6) is 0 Å². The van der Waals surface area contributed by atoms with E-state index < -0.39 is 0 Å². The number of nitrogens with zero attached hydrogens (tertiary/aromatic N) is 2. The van der Waals surface area contributed by atoms with Crippen molar-refractivity contribution in [2.45, 2.75) is 13.0 Å². The van der Waals surface area contributed by atoms with Crippen molar-refractivity contribution in [3.8, 4) is 6.07 Å². The van der Waals surface area contributed by atoms with Crippen LogP contribution >= 0.6 is 0 Å². The van der Waals surface area contributed by atoms with Crippen molar-refractivity contribution >= 4 is 5.97 Å². The molecule has 1 saturated heterocycles. The highest BCUT2D eigenvalue weighted by atomic mass is 16.5. The third kappa shape index (κ3) is 3.33. The van der Waals surface area contributed by atoms with Gasteiger partial charge in [-0.25, -0.2) is 0 Å². The van der Waals surface area contributed by atoms with Crippen LogP contribution in [0.25, 0.3) is 0 Å². The zero-order valence-electron chi connectivity index (χ0n) is 11.1. The zero-order valence-corrected chi connectivity index (χ0v) is 11.1. The largest absolute Gasteiger partial charge is 0.469 e. The van der Waals surface area contributed by atoms with E-state index in [1.165, 1.54) is 12.7 Å². The molecule has 100 valence electrons. The fraction of sp³-hybridized carbons (Fsp3) is 0.467. The van der Waals surface area contributed by atoms with Crippen LogP contribution in [-0.2, 0) is 16.1 Å². The molecule has 1 aliphatic rings. The lowest BCUT2D eigenvalue weighted by Gasteiger charge is -2.34. The van der Waals surface area contributed by atoms with E-state index >= 15 is 0 Å². The topological polar surface area (TPSA) is 53.3 Å². The lowest BCUT2D eigenvalue weighted by atomic mass is 9.86. The molecule has 0 N–H and O–H groups in total. The monoisotopic (exact) mass is 258 g/mol. The van der Waals surface area contributed by atoms with E-state index in [4.69, 9.17) is 10.00 Å².